The lowest BCUT2D eigenvalue weighted by molar-refractivity contribution is -0.166. The molecule has 396 valence electrons. The summed E-state index contributed by atoms with van der Waals surface area (Å²) in [4.78, 5) is 38.0. The predicted octanol–water partition coefficient (Wildman–Crippen LogP) is 19.0. The van der Waals surface area contributed by atoms with Crippen molar-refractivity contribution in [1.82, 2.24) is 0 Å². The number of ether oxygens (including phenoxy) is 3. The Morgan fingerprint density at radius 2 is 0.577 bits per heavy atom. The van der Waals surface area contributed by atoms with E-state index in [1.54, 1.807) is 0 Å². The van der Waals surface area contributed by atoms with Crippen LogP contribution in [0.15, 0.2) is 158 Å². The molecule has 0 amide bonds. The van der Waals surface area contributed by atoms with Crippen molar-refractivity contribution >= 4 is 17.9 Å². The molecule has 0 radical (unpaired) electrons. The number of rotatable bonds is 48. The second-order valence-corrected chi connectivity index (χ2v) is 17.7. The van der Waals surface area contributed by atoms with Crippen molar-refractivity contribution in [3.05, 3.63) is 158 Å². The van der Waals surface area contributed by atoms with E-state index in [0.717, 1.165) is 128 Å². The Morgan fingerprint density at radius 1 is 0.296 bits per heavy atom. The van der Waals surface area contributed by atoms with Gasteiger partial charge in [0.15, 0.2) is 6.10 Å². The van der Waals surface area contributed by atoms with Gasteiger partial charge in [0.2, 0.25) is 0 Å². The SMILES string of the molecule is CC/C=C\C/C=C\C/C=C\C/C=C\C/C=C\C/C=C\C/C=C\CCCCCC(=O)OCC(COC(=O)CCCCCCCCCCC)OC(=O)CC/C=C\C/C=C\C/C=C\C/C=C\C/C=C\C/C=C\CC. The van der Waals surface area contributed by atoms with Crippen LogP contribution in [0.1, 0.15) is 213 Å². The summed E-state index contributed by atoms with van der Waals surface area (Å²) < 4.78 is 16.7. The molecule has 0 saturated carbocycles. The first-order valence-electron chi connectivity index (χ1n) is 28.0. The molecule has 0 fully saturated rings. The van der Waals surface area contributed by atoms with Crippen LogP contribution in [0, 0.1) is 0 Å². The monoisotopic (exact) mass is 977 g/mol. The van der Waals surface area contributed by atoms with Gasteiger partial charge >= 0.3 is 17.9 Å². The summed E-state index contributed by atoms with van der Waals surface area (Å²) in [7, 11) is 0. The van der Waals surface area contributed by atoms with Crippen LogP contribution < -0.4 is 0 Å². The molecule has 71 heavy (non-hydrogen) atoms. The van der Waals surface area contributed by atoms with E-state index >= 15 is 0 Å². The van der Waals surface area contributed by atoms with Crippen molar-refractivity contribution in [2.45, 2.75) is 219 Å². The van der Waals surface area contributed by atoms with Crippen molar-refractivity contribution in [3.8, 4) is 0 Å². The van der Waals surface area contributed by atoms with Gasteiger partial charge in [-0.05, 0) is 116 Å². The van der Waals surface area contributed by atoms with Crippen LogP contribution in [-0.2, 0) is 28.6 Å². The maximum Gasteiger partial charge on any atom is 0.306 e. The Morgan fingerprint density at radius 3 is 0.915 bits per heavy atom. The predicted molar refractivity (Wildman–Crippen MR) is 306 cm³/mol. The van der Waals surface area contributed by atoms with Crippen LogP contribution in [0.5, 0.6) is 0 Å². The molecular weight excluding hydrogens is 877 g/mol. The summed E-state index contributed by atoms with van der Waals surface area (Å²) in [5.74, 6) is -1.06. The highest BCUT2D eigenvalue weighted by molar-refractivity contribution is 5.71. The molecule has 1 atom stereocenters. The quantitative estimate of drug-likeness (QED) is 0.0262. The average Bonchev–Trinajstić information content (AvgIpc) is 3.37. The summed E-state index contributed by atoms with van der Waals surface area (Å²) in [6.07, 6.45) is 83.9. The minimum atomic E-state index is -0.838. The van der Waals surface area contributed by atoms with Crippen LogP contribution >= 0.6 is 0 Å². The highest BCUT2D eigenvalue weighted by Gasteiger charge is 2.19. The molecule has 0 aliphatic carbocycles. The minimum absolute atomic E-state index is 0.125. The van der Waals surface area contributed by atoms with E-state index in [-0.39, 0.29) is 31.6 Å². The van der Waals surface area contributed by atoms with Crippen molar-refractivity contribution in [1.29, 1.82) is 0 Å². The fourth-order valence-corrected chi connectivity index (χ4v) is 6.92. The van der Waals surface area contributed by atoms with Crippen LogP contribution in [0.25, 0.3) is 0 Å². The molecule has 0 rings (SSSR count). The first-order valence-corrected chi connectivity index (χ1v) is 28.0. The third-order valence-electron chi connectivity index (χ3n) is 11.0. The molecular formula is C65H100O6. The number of esters is 3. The summed E-state index contributed by atoms with van der Waals surface area (Å²) >= 11 is 0. The first-order chi connectivity index (χ1) is 35.0. The number of carbonyl (C=O) groups is 3. The molecule has 0 N–H and O–H groups in total. The molecule has 0 aromatic carbocycles. The van der Waals surface area contributed by atoms with Gasteiger partial charge in [0.05, 0.1) is 0 Å². The Labute approximate surface area is 435 Å². The van der Waals surface area contributed by atoms with Gasteiger partial charge in [-0.1, -0.05) is 237 Å². The van der Waals surface area contributed by atoms with Gasteiger partial charge in [-0.25, -0.2) is 0 Å². The molecule has 0 aliphatic heterocycles. The lowest BCUT2D eigenvalue weighted by Gasteiger charge is -2.18. The lowest BCUT2D eigenvalue weighted by Crippen LogP contribution is -2.30. The Balaban J connectivity index is 4.49. The van der Waals surface area contributed by atoms with Gasteiger partial charge < -0.3 is 14.2 Å². The van der Waals surface area contributed by atoms with E-state index in [9.17, 15) is 14.4 Å². The van der Waals surface area contributed by atoms with Crippen molar-refractivity contribution in [2.75, 3.05) is 13.2 Å². The van der Waals surface area contributed by atoms with Gasteiger partial charge in [-0.3, -0.25) is 14.4 Å². The van der Waals surface area contributed by atoms with Gasteiger partial charge in [0.1, 0.15) is 13.2 Å². The number of hydrogen-bond donors (Lipinski definition) is 0. The molecule has 6 heteroatoms. The van der Waals surface area contributed by atoms with E-state index in [4.69, 9.17) is 14.2 Å². The largest absolute Gasteiger partial charge is 0.462 e. The molecule has 1 unspecified atom stereocenters. The Bertz CT molecular complexity index is 1640. The first kappa shape index (κ1) is 66.0. The minimum Gasteiger partial charge on any atom is -0.462 e. The molecule has 0 aromatic rings. The van der Waals surface area contributed by atoms with Crippen LogP contribution in [0.3, 0.4) is 0 Å². The van der Waals surface area contributed by atoms with E-state index in [1.165, 1.54) is 38.5 Å². The molecule has 0 saturated heterocycles. The highest BCUT2D eigenvalue weighted by atomic mass is 16.6. The molecule has 0 aromatic heterocycles. The molecule has 0 spiro atoms. The lowest BCUT2D eigenvalue weighted by atomic mass is 10.1. The third kappa shape index (κ3) is 55.8. The van der Waals surface area contributed by atoms with Crippen molar-refractivity contribution < 1.29 is 28.6 Å². The van der Waals surface area contributed by atoms with Crippen LogP contribution in [0.4, 0.5) is 0 Å². The van der Waals surface area contributed by atoms with Crippen LogP contribution in [0.2, 0.25) is 0 Å². The van der Waals surface area contributed by atoms with Gasteiger partial charge in [-0.2, -0.15) is 0 Å². The second-order valence-electron chi connectivity index (χ2n) is 17.7. The van der Waals surface area contributed by atoms with E-state index in [2.05, 4.69) is 167 Å². The highest BCUT2D eigenvalue weighted by Crippen LogP contribution is 2.12. The number of carbonyl (C=O) groups excluding carboxylic acids is 3. The third-order valence-corrected chi connectivity index (χ3v) is 11.0. The topological polar surface area (TPSA) is 78.9 Å². The molecule has 0 aliphatic rings. The maximum atomic E-state index is 12.8. The van der Waals surface area contributed by atoms with E-state index < -0.39 is 12.1 Å². The van der Waals surface area contributed by atoms with Gasteiger partial charge in [-0.15, -0.1) is 0 Å². The fraction of sp³-hybridized carbons (Fsp3) is 0.554. The summed E-state index contributed by atoms with van der Waals surface area (Å²) in [5, 5.41) is 0. The van der Waals surface area contributed by atoms with E-state index in [1.807, 2.05) is 12.2 Å². The second kappa shape index (κ2) is 57.6. The zero-order chi connectivity index (χ0) is 51.4. The average molecular weight is 978 g/mol. The fourth-order valence-electron chi connectivity index (χ4n) is 6.92. The number of unbranched alkanes of at least 4 members (excludes halogenated alkanes) is 11. The van der Waals surface area contributed by atoms with Gasteiger partial charge in [0, 0.05) is 19.3 Å². The zero-order valence-electron chi connectivity index (χ0n) is 45.2. The number of allylic oxidation sites excluding steroid dienone is 26. The van der Waals surface area contributed by atoms with Gasteiger partial charge in [0.25, 0.3) is 0 Å². The molecule has 6 nitrogen and oxygen atoms in total. The standard InChI is InChI=1S/C65H100O6/c1-4-7-10-13-16-19-21-23-25-27-29-30-31-32-33-34-36-37-39-41-43-46-49-52-55-58-64(67)70-61-62(60-69-63(66)57-54-51-48-45-18-15-12-9-6-3)71-65(68)59-56-53-50-47-44-42-40-38-35-28-26-24-22-20-17-14-11-8-5-2/h7-8,10-11,16-17,19-20,23-26,29-30,32-33,35-38,41-44,50,53,62H,4-6,9,12-15,18,21-22,27-28,31,34,39-40,45-49,51-52,54-61H2,1-3H3/b10-7-,11-8-,19-16-,20-17-,25-23-,26-24-,30-29-,33-32-,37-36-,38-35-,43-41-,44-42-,53-50-. The Kier molecular flexibility index (Phi) is 53.6. The smallest absolute Gasteiger partial charge is 0.306 e. The molecule has 0 bridgehead atoms. The Hall–Kier alpha value is -4.97. The van der Waals surface area contributed by atoms with Crippen LogP contribution in [-0.4, -0.2) is 37.2 Å². The van der Waals surface area contributed by atoms with Crippen molar-refractivity contribution in [3.63, 3.8) is 0 Å². The summed E-state index contributed by atoms with van der Waals surface area (Å²) in [5.41, 5.74) is 0. The molecule has 0 heterocycles. The normalized spacial score (nSPS) is 13.3. The number of hydrogen-bond acceptors (Lipinski definition) is 6. The van der Waals surface area contributed by atoms with E-state index in [0.29, 0.717) is 19.3 Å². The summed E-state index contributed by atoms with van der Waals surface area (Å²) in [6.45, 7) is 6.28. The van der Waals surface area contributed by atoms with Crippen molar-refractivity contribution in [2.24, 2.45) is 0 Å². The maximum absolute atomic E-state index is 12.8. The zero-order valence-corrected chi connectivity index (χ0v) is 45.2. The summed E-state index contributed by atoms with van der Waals surface area (Å²) in [6, 6.07) is 0.